The highest BCUT2D eigenvalue weighted by molar-refractivity contribution is 6.04. The first kappa shape index (κ1) is 18.5. The van der Waals surface area contributed by atoms with E-state index in [4.69, 9.17) is 9.47 Å². The lowest BCUT2D eigenvalue weighted by atomic mass is 10.1. The normalized spacial score (nSPS) is 10.6. The molecule has 5 heteroatoms. The molecule has 0 aromatic heterocycles. The van der Waals surface area contributed by atoms with Crippen LogP contribution < -0.4 is 10.1 Å². The molecule has 1 N–H and O–H groups in total. The van der Waals surface area contributed by atoms with Gasteiger partial charge in [0.05, 0.1) is 17.8 Å². The summed E-state index contributed by atoms with van der Waals surface area (Å²) in [5.74, 6) is 0.0209. The third kappa shape index (κ3) is 5.64. The van der Waals surface area contributed by atoms with E-state index in [9.17, 15) is 9.59 Å². The van der Waals surface area contributed by atoms with Crippen molar-refractivity contribution in [3.8, 4) is 5.75 Å². The minimum Gasteiger partial charge on any atom is -0.491 e. The number of nitrogens with one attached hydrogen (secondary N) is 1. The summed E-state index contributed by atoms with van der Waals surface area (Å²) >= 11 is 0. The minimum absolute atomic E-state index is 0.0384. The molecule has 0 saturated heterocycles. The van der Waals surface area contributed by atoms with Crippen molar-refractivity contribution in [2.45, 2.75) is 39.9 Å². The number of hydrogen-bond acceptors (Lipinski definition) is 4. The number of carbonyl (C=O) groups excluding carboxylic acids is 2. The van der Waals surface area contributed by atoms with E-state index in [-0.39, 0.29) is 24.1 Å². The van der Waals surface area contributed by atoms with Crippen LogP contribution in [0.25, 0.3) is 0 Å². The van der Waals surface area contributed by atoms with Crippen LogP contribution in [0, 0.1) is 0 Å². The second-order valence-electron chi connectivity index (χ2n) is 6.18. The fourth-order valence-electron chi connectivity index (χ4n) is 2.16. The monoisotopic (exact) mass is 341 g/mol. The molecule has 0 saturated carbocycles. The quantitative estimate of drug-likeness (QED) is 0.796. The molecule has 2 aromatic rings. The van der Waals surface area contributed by atoms with Crippen LogP contribution in [0.3, 0.4) is 0 Å². The molecule has 0 aliphatic rings. The van der Waals surface area contributed by atoms with Crippen molar-refractivity contribution in [2.24, 2.45) is 0 Å². The third-order valence-corrected chi connectivity index (χ3v) is 3.19. The second kappa shape index (κ2) is 8.33. The van der Waals surface area contributed by atoms with Gasteiger partial charge in [0.1, 0.15) is 5.75 Å². The van der Waals surface area contributed by atoms with Crippen LogP contribution >= 0.6 is 0 Å². The highest BCUT2D eigenvalue weighted by atomic mass is 16.5. The summed E-state index contributed by atoms with van der Waals surface area (Å²) in [6.45, 7) is 7.45. The lowest BCUT2D eigenvalue weighted by Crippen LogP contribution is -2.14. The van der Waals surface area contributed by atoms with E-state index in [1.54, 1.807) is 56.3 Å². The summed E-state index contributed by atoms with van der Waals surface area (Å²) in [5.41, 5.74) is 1.54. The minimum atomic E-state index is -0.383. The molecule has 0 atom stereocenters. The van der Waals surface area contributed by atoms with Crippen molar-refractivity contribution in [3.63, 3.8) is 0 Å². The molecule has 2 rings (SSSR count). The van der Waals surface area contributed by atoms with E-state index >= 15 is 0 Å². The van der Waals surface area contributed by atoms with Gasteiger partial charge in [-0.25, -0.2) is 4.79 Å². The maximum atomic E-state index is 12.4. The molecule has 0 radical (unpaired) electrons. The van der Waals surface area contributed by atoms with Crippen molar-refractivity contribution in [1.29, 1.82) is 0 Å². The molecule has 0 unspecified atom stereocenters. The number of ether oxygens (including phenoxy) is 2. The Kier molecular flexibility index (Phi) is 6.17. The predicted octanol–water partition coefficient (Wildman–Crippen LogP) is 4.29. The Morgan fingerprint density at radius 2 is 1.56 bits per heavy atom. The van der Waals surface area contributed by atoms with Crippen LogP contribution in [0.4, 0.5) is 5.69 Å². The number of rotatable bonds is 6. The van der Waals surface area contributed by atoms with Gasteiger partial charge in [0.25, 0.3) is 5.91 Å². The van der Waals surface area contributed by atoms with Crippen LogP contribution in [0.15, 0.2) is 48.5 Å². The van der Waals surface area contributed by atoms with Gasteiger partial charge in [-0.15, -0.1) is 0 Å². The van der Waals surface area contributed by atoms with E-state index in [0.717, 1.165) is 0 Å². The molecular weight excluding hydrogens is 318 g/mol. The summed E-state index contributed by atoms with van der Waals surface area (Å²) in [6.07, 6.45) is -0.135. The van der Waals surface area contributed by atoms with Crippen molar-refractivity contribution < 1.29 is 19.1 Å². The fraction of sp³-hybridized carbons (Fsp3) is 0.300. The maximum absolute atomic E-state index is 12.4. The molecule has 5 nitrogen and oxygen atoms in total. The Bertz CT molecular complexity index is 736. The molecule has 132 valence electrons. The van der Waals surface area contributed by atoms with Crippen LogP contribution in [0.5, 0.6) is 5.75 Å². The van der Waals surface area contributed by atoms with Crippen molar-refractivity contribution >= 4 is 17.6 Å². The summed E-state index contributed by atoms with van der Waals surface area (Å²) in [4.78, 5) is 24.2. The Labute approximate surface area is 148 Å². The number of esters is 1. The average molecular weight is 341 g/mol. The van der Waals surface area contributed by atoms with E-state index in [0.29, 0.717) is 22.6 Å². The summed E-state index contributed by atoms with van der Waals surface area (Å²) in [7, 11) is 0. The number of amides is 1. The first-order valence-corrected chi connectivity index (χ1v) is 8.24. The molecule has 25 heavy (non-hydrogen) atoms. The maximum Gasteiger partial charge on any atom is 0.338 e. The van der Waals surface area contributed by atoms with Gasteiger partial charge in [-0.3, -0.25) is 4.79 Å². The molecule has 0 bridgehead atoms. The Hall–Kier alpha value is -2.82. The Balaban J connectivity index is 2.04. The van der Waals surface area contributed by atoms with E-state index in [1.165, 1.54) is 0 Å². The standard InChI is InChI=1S/C20H23NO4/c1-13(2)24-18-7-5-6-16(12-18)19(22)21-17-10-8-15(9-11-17)20(23)25-14(3)4/h5-14H,1-4H3,(H,21,22). The van der Waals surface area contributed by atoms with Gasteiger partial charge in [0, 0.05) is 11.3 Å². The molecular formula is C20H23NO4. The molecule has 1 amide bonds. The predicted molar refractivity (Wildman–Crippen MR) is 97.2 cm³/mol. The summed E-state index contributed by atoms with van der Waals surface area (Å²) < 4.78 is 10.7. The van der Waals surface area contributed by atoms with Crippen LogP contribution in [-0.4, -0.2) is 24.1 Å². The Morgan fingerprint density at radius 3 is 2.16 bits per heavy atom. The van der Waals surface area contributed by atoms with Gasteiger partial charge in [-0.2, -0.15) is 0 Å². The zero-order valence-corrected chi connectivity index (χ0v) is 14.9. The van der Waals surface area contributed by atoms with Crippen LogP contribution in [0.1, 0.15) is 48.4 Å². The lowest BCUT2D eigenvalue weighted by molar-refractivity contribution is 0.0378. The van der Waals surface area contributed by atoms with E-state index in [1.807, 2.05) is 19.9 Å². The fourth-order valence-corrected chi connectivity index (χ4v) is 2.16. The number of carbonyl (C=O) groups is 2. The molecule has 0 aliphatic heterocycles. The highest BCUT2D eigenvalue weighted by Crippen LogP contribution is 2.17. The highest BCUT2D eigenvalue weighted by Gasteiger charge is 2.11. The van der Waals surface area contributed by atoms with Crippen LogP contribution in [-0.2, 0) is 4.74 Å². The first-order chi connectivity index (χ1) is 11.8. The summed E-state index contributed by atoms with van der Waals surface area (Å²) in [6, 6.07) is 13.6. The van der Waals surface area contributed by atoms with Crippen molar-refractivity contribution in [2.75, 3.05) is 5.32 Å². The van der Waals surface area contributed by atoms with E-state index in [2.05, 4.69) is 5.32 Å². The first-order valence-electron chi connectivity index (χ1n) is 8.24. The smallest absolute Gasteiger partial charge is 0.338 e. The number of anilines is 1. The van der Waals surface area contributed by atoms with Crippen LogP contribution in [0.2, 0.25) is 0 Å². The van der Waals surface area contributed by atoms with Gasteiger partial charge >= 0.3 is 5.97 Å². The third-order valence-electron chi connectivity index (χ3n) is 3.19. The molecule has 0 spiro atoms. The van der Waals surface area contributed by atoms with E-state index < -0.39 is 0 Å². The van der Waals surface area contributed by atoms with Crippen molar-refractivity contribution in [1.82, 2.24) is 0 Å². The van der Waals surface area contributed by atoms with Crippen molar-refractivity contribution in [3.05, 3.63) is 59.7 Å². The molecule has 2 aromatic carbocycles. The summed E-state index contributed by atoms with van der Waals surface area (Å²) in [5, 5.41) is 2.80. The Morgan fingerprint density at radius 1 is 0.880 bits per heavy atom. The molecule has 0 aliphatic carbocycles. The zero-order chi connectivity index (χ0) is 18.4. The van der Waals surface area contributed by atoms with Gasteiger partial charge in [0.2, 0.25) is 0 Å². The zero-order valence-electron chi connectivity index (χ0n) is 14.9. The SMILES string of the molecule is CC(C)OC(=O)c1ccc(NC(=O)c2cccc(OC(C)C)c2)cc1. The van der Waals surface area contributed by atoms with Gasteiger partial charge in [-0.05, 0) is 70.2 Å². The molecule has 0 heterocycles. The molecule has 0 fully saturated rings. The van der Waals surface area contributed by atoms with Gasteiger partial charge in [-0.1, -0.05) is 6.07 Å². The lowest BCUT2D eigenvalue weighted by Gasteiger charge is -2.11. The van der Waals surface area contributed by atoms with Gasteiger partial charge < -0.3 is 14.8 Å². The topological polar surface area (TPSA) is 64.6 Å². The van der Waals surface area contributed by atoms with Gasteiger partial charge in [0.15, 0.2) is 0 Å². The number of benzene rings is 2. The average Bonchev–Trinajstić information content (AvgIpc) is 2.54. The largest absolute Gasteiger partial charge is 0.491 e. The second-order valence-corrected chi connectivity index (χ2v) is 6.18. The number of hydrogen-bond donors (Lipinski definition) is 1.